The number of esters is 1. The molecule has 41 heavy (non-hydrogen) atoms. The van der Waals surface area contributed by atoms with Crippen LogP contribution in [-0.4, -0.2) is 57.7 Å². The second-order valence-corrected chi connectivity index (χ2v) is 16.5. The molecule has 1 N–H and O–H groups in total. The molecule has 1 fully saturated rings. The molecule has 1 aliphatic rings. The number of allylic oxidation sites excluding steroid dienone is 1. The van der Waals surface area contributed by atoms with Gasteiger partial charge in [-0.15, -0.1) is 0 Å². The van der Waals surface area contributed by atoms with Crippen molar-refractivity contribution in [2.75, 3.05) is 19.8 Å². The van der Waals surface area contributed by atoms with E-state index in [0.717, 1.165) is 32.1 Å². The van der Waals surface area contributed by atoms with Crippen LogP contribution in [0.1, 0.15) is 73.1 Å². The van der Waals surface area contributed by atoms with Gasteiger partial charge < -0.3 is 23.7 Å². The number of carbonyl (C=O) groups excluding carboxylic acids is 1. The number of rotatable bonds is 15. The van der Waals surface area contributed by atoms with E-state index >= 15 is 0 Å². The van der Waals surface area contributed by atoms with Crippen LogP contribution in [0, 0.1) is 5.92 Å². The summed E-state index contributed by atoms with van der Waals surface area (Å²) in [7, 11) is -2.55. The molecule has 0 aromatic heterocycles. The SMILES string of the molecule is CC(=O)OC[C@@H](C)C[C@@H](OC1CCCCO1)[C@@H](O)/C=C/CCCO[Si](c1ccccc1)(c1ccccc1)C(C)(C)C. The first kappa shape index (κ1) is 33.2. The van der Waals surface area contributed by atoms with E-state index in [-0.39, 0.29) is 23.2 Å². The van der Waals surface area contributed by atoms with Gasteiger partial charge in [-0.3, -0.25) is 4.79 Å². The Morgan fingerprint density at radius 1 is 1.07 bits per heavy atom. The number of aliphatic hydroxyl groups excluding tert-OH is 1. The summed E-state index contributed by atoms with van der Waals surface area (Å²) in [4.78, 5) is 11.2. The zero-order valence-corrected chi connectivity index (χ0v) is 26.6. The number of benzene rings is 2. The number of aliphatic hydroxyl groups is 1. The Morgan fingerprint density at radius 3 is 2.24 bits per heavy atom. The fourth-order valence-electron chi connectivity index (χ4n) is 5.56. The van der Waals surface area contributed by atoms with Crippen molar-refractivity contribution in [2.24, 2.45) is 5.92 Å². The van der Waals surface area contributed by atoms with Crippen LogP contribution < -0.4 is 10.4 Å². The van der Waals surface area contributed by atoms with Crippen LogP contribution >= 0.6 is 0 Å². The first-order valence-corrected chi connectivity index (χ1v) is 17.0. The quantitative estimate of drug-likeness (QED) is 0.125. The molecule has 3 rings (SSSR count). The monoisotopic (exact) mass is 582 g/mol. The summed E-state index contributed by atoms with van der Waals surface area (Å²) in [6.07, 6.45) is 7.43. The number of hydrogen-bond acceptors (Lipinski definition) is 6. The third-order valence-electron chi connectivity index (χ3n) is 7.63. The van der Waals surface area contributed by atoms with Crippen molar-refractivity contribution in [1.29, 1.82) is 0 Å². The van der Waals surface area contributed by atoms with Gasteiger partial charge in [0, 0.05) is 20.1 Å². The molecule has 0 bridgehead atoms. The molecule has 0 aliphatic carbocycles. The van der Waals surface area contributed by atoms with Crippen molar-refractivity contribution in [3.8, 4) is 0 Å². The van der Waals surface area contributed by atoms with Gasteiger partial charge in [0.05, 0.1) is 18.8 Å². The highest BCUT2D eigenvalue weighted by atomic mass is 28.4. The van der Waals surface area contributed by atoms with Gasteiger partial charge in [0.1, 0.15) is 0 Å². The molecule has 0 saturated carbocycles. The second kappa shape index (κ2) is 16.4. The summed E-state index contributed by atoms with van der Waals surface area (Å²) in [5, 5.41) is 13.5. The van der Waals surface area contributed by atoms with E-state index in [4.69, 9.17) is 18.6 Å². The molecule has 1 heterocycles. The predicted molar refractivity (Wildman–Crippen MR) is 167 cm³/mol. The Hall–Kier alpha value is -2.29. The normalized spacial score (nSPS) is 18.6. The van der Waals surface area contributed by atoms with E-state index in [1.54, 1.807) is 0 Å². The fraction of sp³-hybridized carbons (Fsp3) is 0.559. The van der Waals surface area contributed by atoms with Crippen LogP contribution in [0.5, 0.6) is 0 Å². The molecule has 1 saturated heterocycles. The lowest BCUT2D eigenvalue weighted by molar-refractivity contribution is -0.206. The third-order valence-corrected chi connectivity index (χ3v) is 12.7. The van der Waals surface area contributed by atoms with Gasteiger partial charge >= 0.3 is 5.97 Å². The van der Waals surface area contributed by atoms with E-state index in [9.17, 15) is 9.90 Å². The van der Waals surface area contributed by atoms with Gasteiger partial charge in [-0.05, 0) is 59.9 Å². The molecule has 2 aromatic carbocycles. The number of unbranched alkanes of at least 4 members (excludes halogenated alkanes) is 1. The van der Waals surface area contributed by atoms with Crippen LogP contribution in [-0.2, 0) is 23.4 Å². The van der Waals surface area contributed by atoms with Crippen molar-refractivity contribution < 1.29 is 28.5 Å². The van der Waals surface area contributed by atoms with Crippen LogP contribution in [0.15, 0.2) is 72.8 Å². The molecule has 0 amide bonds. The first-order valence-electron chi connectivity index (χ1n) is 15.1. The molecule has 1 unspecified atom stereocenters. The number of carbonyl (C=O) groups is 1. The Balaban J connectivity index is 1.63. The lowest BCUT2D eigenvalue weighted by Crippen LogP contribution is -2.66. The van der Waals surface area contributed by atoms with Gasteiger partial charge in [0.25, 0.3) is 8.32 Å². The summed E-state index contributed by atoms with van der Waals surface area (Å²) in [6, 6.07) is 21.3. The highest BCUT2D eigenvalue weighted by Gasteiger charge is 2.49. The maximum absolute atomic E-state index is 11.2. The third kappa shape index (κ3) is 9.89. The molecule has 1 aliphatic heterocycles. The zero-order chi connectivity index (χ0) is 29.7. The zero-order valence-electron chi connectivity index (χ0n) is 25.6. The van der Waals surface area contributed by atoms with Crippen molar-refractivity contribution >= 4 is 24.7 Å². The second-order valence-electron chi connectivity index (χ2n) is 12.2. The minimum atomic E-state index is -2.55. The van der Waals surface area contributed by atoms with E-state index in [1.165, 1.54) is 17.3 Å². The summed E-state index contributed by atoms with van der Waals surface area (Å²) >= 11 is 0. The van der Waals surface area contributed by atoms with Crippen molar-refractivity contribution in [3.63, 3.8) is 0 Å². The fourth-order valence-corrected chi connectivity index (χ4v) is 10.2. The predicted octanol–water partition coefficient (Wildman–Crippen LogP) is 5.76. The minimum absolute atomic E-state index is 0.0513. The van der Waals surface area contributed by atoms with Gasteiger partial charge in [0.15, 0.2) is 6.29 Å². The maximum atomic E-state index is 11.2. The summed E-state index contributed by atoms with van der Waals surface area (Å²) < 4.78 is 24.1. The average molecular weight is 583 g/mol. The Morgan fingerprint density at radius 2 is 1.71 bits per heavy atom. The summed E-state index contributed by atoms with van der Waals surface area (Å²) in [6.45, 7) is 11.9. The Labute approximate surface area is 248 Å². The van der Waals surface area contributed by atoms with Crippen molar-refractivity contribution in [2.45, 2.75) is 96.7 Å². The molecule has 2 aromatic rings. The summed E-state index contributed by atoms with van der Waals surface area (Å²) in [5.74, 6) is -0.249. The Bertz CT molecular complexity index is 1010. The summed E-state index contributed by atoms with van der Waals surface area (Å²) in [5.41, 5.74) is 0. The van der Waals surface area contributed by atoms with Crippen LogP contribution in [0.25, 0.3) is 0 Å². The lowest BCUT2D eigenvalue weighted by Gasteiger charge is -2.43. The Kier molecular flexibility index (Phi) is 13.3. The largest absolute Gasteiger partial charge is 0.466 e. The topological polar surface area (TPSA) is 74.2 Å². The number of ether oxygens (including phenoxy) is 3. The molecule has 226 valence electrons. The minimum Gasteiger partial charge on any atom is -0.466 e. The van der Waals surface area contributed by atoms with E-state index in [0.29, 0.717) is 26.2 Å². The molecular weight excluding hydrogens is 532 g/mol. The van der Waals surface area contributed by atoms with Crippen LogP contribution in [0.4, 0.5) is 0 Å². The van der Waals surface area contributed by atoms with Crippen LogP contribution in [0.3, 0.4) is 0 Å². The molecule has 7 heteroatoms. The van der Waals surface area contributed by atoms with Gasteiger partial charge in [-0.1, -0.05) is 101 Å². The molecule has 4 atom stereocenters. The maximum Gasteiger partial charge on any atom is 0.302 e. The highest BCUT2D eigenvalue weighted by molar-refractivity contribution is 6.99. The van der Waals surface area contributed by atoms with Gasteiger partial charge in [0.2, 0.25) is 0 Å². The standard InChI is InChI=1S/C34H50O6Si/c1-27(26-38-28(2)35)25-32(40-33-22-14-16-23-37-33)31(36)21-13-8-15-24-39-41(34(3,4)5,29-17-9-6-10-18-29)30-19-11-7-12-20-30/h6-7,9-13,17-21,27,31-33,36H,8,14-16,22-26H2,1-5H3/b21-13+/t27-,31-,32+,33?/m0/s1. The van der Waals surface area contributed by atoms with Crippen LogP contribution in [0.2, 0.25) is 5.04 Å². The van der Waals surface area contributed by atoms with Crippen molar-refractivity contribution in [1.82, 2.24) is 0 Å². The van der Waals surface area contributed by atoms with Gasteiger partial charge in [-0.25, -0.2) is 0 Å². The highest BCUT2D eigenvalue weighted by Crippen LogP contribution is 2.36. The molecule has 0 radical (unpaired) electrons. The lowest BCUT2D eigenvalue weighted by atomic mass is 9.99. The molecular formula is C34H50O6Si. The molecule has 0 spiro atoms. The van der Waals surface area contributed by atoms with Crippen molar-refractivity contribution in [3.05, 3.63) is 72.8 Å². The molecule has 6 nitrogen and oxygen atoms in total. The van der Waals surface area contributed by atoms with E-state index < -0.39 is 20.5 Å². The first-order chi connectivity index (χ1) is 19.6. The van der Waals surface area contributed by atoms with Gasteiger partial charge in [-0.2, -0.15) is 0 Å². The van der Waals surface area contributed by atoms with E-state index in [1.807, 2.05) is 19.1 Å². The smallest absolute Gasteiger partial charge is 0.302 e. The number of hydrogen-bond donors (Lipinski definition) is 1. The van der Waals surface area contributed by atoms with E-state index in [2.05, 4.69) is 81.4 Å². The average Bonchev–Trinajstić information content (AvgIpc) is 2.96.